The largest absolute Gasteiger partial charge is 0.325 e. The number of nitrogens with zero attached hydrogens (tertiary/aromatic N) is 2. The number of aromatic nitrogens is 2. The molecule has 2 aromatic heterocycles. The number of aryl methyl sites for hydroxylation is 2. The maximum absolute atomic E-state index is 11.4. The van der Waals surface area contributed by atoms with Gasteiger partial charge in [-0.05, 0) is 37.6 Å². The summed E-state index contributed by atoms with van der Waals surface area (Å²) in [6.07, 6.45) is 1.71. The lowest BCUT2D eigenvalue weighted by atomic mass is 10.0. The molecule has 2 aromatic rings. The number of aromatic amines is 1. The normalized spacial score (nSPS) is 9.94. The predicted octanol–water partition coefficient (Wildman–Crippen LogP) is 1.93. The Hall–Kier alpha value is -2.41. The molecule has 2 heterocycles. The third-order valence-corrected chi connectivity index (χ3v) is 2.57. The van der Waals surface area contributed by atoms with Gasteiger partial charge in [-0.3, -0.25) is 9.78 Å². The zero-order chi connectivity index (χ0) is 12.4. The van der Waals surface area contributed by atoms with Crippen LogP contribution in [0.4, 0.5) is 0 Å². The van der Waals surface area contributed by atoms with Crippen molar-refractivity contribution in [3.05, 3.63) is 51.7 Å². The van der Waals surface area contributed by atoms with E-state index in [0.717, 1.165) is 22.5 Å². The van der Waals surface area contributed by atoms with Gasteiger partial charge in [0.25, 0.3) is 5.56 Å². The van der Waals surface area contributed by atoms with Gasteiger partial charge in [-0.1, -0.05) is 0 Å². The molecule has 0 amide bonds. The first-order chi connectivity index (χ1) is 8.11. The number of nitrogens with one attached hydrogen (secondary N) is 1. The zero-order valence-electron chi connectivity index (χ0n) is 9.61. The summed E-state index contributed by atoms with van der Waals surface area (Å²) in [6, 6.07) is 7.28. The second-order valence-corrected chi connectivity index (χ2v) is 3.85. The summed E-state index contributed by atoms with van der Waals surface area (Å²) in [5, 5.41) is 8.85. The third-order valence-electron chi connectivity index (χ3n) is 2.57. The van der Waals surface area contributed by atoms with Gasteiger partial charge in [-0.15, -0.1) is 0 Å². The lowest BCUT2D eigenvalue weighted by Gasteiger charge is -2.06. The van der Waals surface area contributed by atoms with Gasteiger partial charge in [0.15, 0.2) is 0 Å². The highest BCUT2D eigenvalue weighted by molar-refractivity contribution is 5.67. The maximum atomic E-state index is 11.4. The molecule has 0 bridgehead atoms. The van der Waals surface area contributed by atoms with Gasteiger partial charge in [-0.2, -0.15) is 5.26 Å². The first-order valence-electron chi connectivity index (χ1n) is 5.19. The standard InChI is InChI=1S/C13H11N3O/c1-8-5-10(3-4-15-8)12-6-11(7-14)13(17)16-9(12)2/h3-6H,1-2H3,(H,16,17). The van der Waals surface area contributed by atoms with E-state index in [-0.39, 0.29) is 11.1 Å². The summed E-state index contributed by atoms with van der Waals surface area (Å²) in [5.74, 6) is 0. The second kappa shape index (κ2) is 4.22. The molecule has 17 heavy (non-hydrogen) atoms. The molecule has 0 aliphatic rings. The van der Waals surface area contributed by atoms with E-state index in [1.54, 1.807) is 12.3 Å². The number of H-pyrrole nitrogens is 1. The van der Waals surface area contributed by atoms with Crippen molar-refractivity contribution >= 4 is 0 Å². The van der Waals surface area contributed by atoms with Gasteiger partial charge in [0, 0.05) is 23.1 Å². The molecular weight excluding hydrogens is 214 g/mol. The van der Waals surface area contributed by atoms with Crippen LogP contribution in [0.25, 0.3) is 11.1 Å². The summed E-state index contributed by atoms with van der Waals surface area (Å²) in [5.41, 5.74) is 3.22. The van der Waals surface area contributed by atoms with E-state index in [0.29, 0.717) is 0 Å². The number of rotatable bonds is 1. The van der Waals surface area contributed by atoms with Gasteiger partial charge >= 0.3 is 0 Å². The minimum Gasteiger partial charge on any atom is -0.325 e. The predicted molar refractivity (Wildman–Crippen MR) is 64.5 cm³/mol. The topological polar surface area (TPSA) is 69.5 Å². The van der Waals surface area contributed by atoms with Crippen LogP contribution in [-0.2, 0) is 0 Å². The van der Waals surface area contributed by atoms with E-state index >= 15 is 0 Å². The van der Waals surface area contributed by atoms with Crippen LogP contribution in [0.15, 0.2) is 29.2 Å². The van der Waals surface area contributed by atoms with Gasteiger partial charge in [-0.25, -0.2) is 0 Å². The summed E-state index contributed by atoms with van der Waals surface area (Å²) in [4.78, 5) is 18.2. The SMILES string of the molecule is Cc1cc(-c2cc(C#N)c(=O)[nH]c2C)ccn1. The fraction of sp³-hybridized carbons (Fsp3) is 0.154. The quantitative estimate of drug-likeness (QED) is 0.806. The summed E-state index contributed by atoms with van der Waals surface area (Å²) < 4.78 is 0. The Kier molecular flexibility index (Phi) is 2.75. The molecule has 0 saturated heterocycles. The molecule has 2 rings (SSSR count). The molecule has 0 saturated carbocycles. The molecule has 4 nitrogen and oxygen atoms in total. The van der Waals surface area contributed by atoms with E-state index in [4.69, 9.17) is 5.26 Å². The van der Waals surface area contributed by atoms with Crippen LogP contribution in [-0.4, -0.2) is 9.97 Å². The molecule has 0 aromatic carbocycles. The van der Waals surface area contributed by atoms with Crippen molar-refractivity contribution in [3.8, 4) is 17.2 Å². The molecule has 0 unspecified atom stereocenters. The van der Waals surface area contributed by atoms with E-state index in [1.165, 1.54) is 0 Å². The van der Waals surface area contributed by atoms with E-state index in [9.17, 15) is 4.79 Å². The minimum absolute atomic E-state index is 0.125. The number of nitriles is 1. The second-order valence-electron chi connectivity index (χ2n) is 3.85. The van der Waals surface area contributed by atoms with Crippen molar-refractivity contribution in [3.63, 3.8) is 0 Å². The van der Waals surface area contributed by atoms with Crippen molar-refractivity contribution in [1.82, 2.24) is 9.97 Å². The Balaban J connectivity index is 2.68. The highest BCUT2D eigenvalue weighted by Gasteiger charge is 2.07. The van der Waals surface area contributed by atoms with Gasteiger partial charge < -0.3 is 4.98 Å². The summed E-state index contributed by atoms with van der Waals surface area (Å²) in [6.45, 7) is 3.71. The Morgan fingerprint density at radius 2 is 2.12 bits per heavy atom. The number of pyridine rings is 2. The average Bonchev–Trinajstić information content (AvgIpc) is 2.29. The highest BCUT2D eigenvalue weighted by Crippen LogP contribution is 2.21. The Bertz CT molecular complexity index is 665. The van der Waals surface area contributed by atoms with Crippen molar-refractivity contribution in [2.75, 3.05) is 0 Å². The third kappa shape index (κ3) is 2.08. The molecule has 0 aliphatic heterocycles. The Morgan fingerprint density at radius 3 is 2.76 bits per heavy atom. The lowest BCUT2D eigenvalue weighted by molar-refractivity contribution is 1.13. The summed E-state index contributed by atoms with van der Waals surface area (Å²) in [7, 11) is 0. The first-order valence-corrected chi connectivity index (χ1v) is 5.19. The highest BCUT2D eigenvalue weighted by atomic mass is 16.1. The van der Waals surface area contributed by atoms with Crippen molar-refractivity contribution in [2.45, 2.75) is 13.8 Å². The van der Waals surface area contributed by atoms with E-state index < -0.39 is 0 Å². The number of hydrogen-bond acceptors (Lipinski definition) is 3. The maximum Gasteiger partial charge on any atom is 0.266 e. The Labute approximate surface area is 98.6 Å². The van der Waals surface area contributed by atoms with Crippen LogP contribution in [0.2, 0.25) is 0 Å². The van der Waals surface area contributed by atoms with Crippen molar-refractivity contribution in [1.29, 1.82) is 5.26 Å². The zero-order valence-corrected chi connectivity index (χ0v) is 9.61. The minimum atomic E-state index is -0.348. The molecule has 0 aliphatic carbocycles. The van der Waals surface area contributed by atoms with Gasteiger partial charge in [0.1, 0.15) is 11.6 Å². The average molecular weight is 225 g/mol. The molecule has 84 valence electrons. The van der Waals surface area contributed by atoms with Crippen LogP contribution < -0.4 is 5.56 Å². The monoisotopic (exact) mass is 225 g/mol. The molecule has 0 spiro atoms. The van der Waals surface area contributed by atoms with Crippen LogP contribution in [0.3, 0.4) is 0 Å². The molecule has 4 heteroatoms. The molecular formula is C13H11N3O. The van der Waals surface area contributed by atoms with Crippen LogP contribution in [0, 0.1) is 25.2 Å². The number of hydrogen-bond donors (Lipinski definition) is 1. The molecule has 0 radical (unpaired) electrons. The molecule has 0 fully saturated rings. The Morgan fingerprint density at radius 1 is 1.35 bits per heavy atom. The van der Waals surface area contributed by atoms with Crippen LogP contribution >= 0.6 is 0 Å². The van der Waals surface area contributed by atoms with Crippen molar-refractivity contribution < 1.29 is 0 Å². The fourth-order valence-corrected chi connectivity index (χ4v) is 1.72. The smallest absolute Gasteiger partial charge is 0.266 e. The van der Waals surface area contributed by atoms with Gasteiger partial charge in [0.05, 0.1) is 0 Å². The van der Waals surface area contributed by atoms with Crippen LogP contribution in [0.1, 0.15) is 17.0 Å². The molecule has 1 N–H and O–H groups in total. The van der Waals surface area contributed by atoms with E-state index in [2.05, 4.69) is 9.97 Å². The molecule has 0 atom stereocenters. The van der Waals surface area contributed by atoms with Crippen molar-refractivity contribution in [2.24, 2.45) is 0 Å². The van der Waals surface area contributed by atoms with Gasteiger partial charge in [0.2, 0.25) is 0 Å². The summed E-state index contributed by atoms with van der Waals surface area (Å²) >= 11 is 0. The van der Waals surface area contributed by atoms with E-state index in [1.807, 2.05) is 32.0 Å². The lowest BCUT2D eigenvalue weighted by Crippen LogP contribution is -2.11. The first kappa shape index (κ1) is 11.1. The fourth-order valence-electron chi connectivity index (χ4n) is 1.72. The van der Waals surface area contributed by atoms with Crippen LogP contribution in [0.5, 0.6) is 0 Å².